The molecule has 8 aromatic carbocycles. The second-order valence-electron chi connectivity index (χ2n) is 19.3. The van der Waals surface area contributed by atoms with Crippen molar-refractivity contribution in [2.24, 2.45) is 0 Å². The van der Waals surface area contributed by atoms with Crippen LogP contribution in [0.2, 0.25) is 0 Å². The number of hydrogen-bond acceptors (Lipinski definition) is 3. The number of fused-ring (bicyclic) bond motifs is 10. The molecule has 12 rings (SSSR count). The van der Waals surface area contributed by atoms with Gasteiger partial charge in [-0.15, -0.1) is 11.3 Å². The molecule has 0 bridgehead atoms. The molecular weight excluding hydrogens is 793 g/mol. The molecule has 3 heteroatoms. The molecule has 1 heterocycles. The predicted molar refractivity (Wildman–Crippen MR) is 272 cm³/mol. The van der Waals surface area contributed by atoms with Crippen molar-refractivity contribution in [3.63, 3.8) is 0 Å². The molecule has 0 N–H and O–H groups in total. The van der Waals surface area contributed by atoms with E-state index in [1.807, 2.05) is 11.3 Å². The quantitative estimate of drug-likeness (QED) is 0.158. The molecular formula is C61H50N2S. The van der Waals surface area contributed by atoms with E-state index in [1.165, 1.54) is 93.6 Å². The Morgan fingerprint density at radius 2 is 0.719 bits per heavy atom. The number of anilines is 6. The highest BCUT2D eigenvalue weighted by atomic mass is 32.1. The predicted octanol–water partition coefficient (Wildman–Crippen LogP) is 17.3. The first-order valence-electron chi connectivity index (χ1n) is 22.6. The molecule has 0 aliphatic heterocycles. The maximum atomic E-state index is 2.49. The molecule has 0 spiro atoms. The van der Waals surface area contributed by atoms with E-state index < -0.39 is 0 Å². The minimum Gasteiger partial charge on any atom is -0.310 e. The van der Waals surface area contributed by atoms with E-state index in [4.69, 9.17) is 0 Å². The summed E-state index contributed by atoms with van der Waals surface area (Å²) in [7, 11) is 0. The number of para-hydroxylation sites is 3. The minimum absolute atomic E-state index is 0.0868. The molecule has 64 heavy (non-hydrogen) atoms. The third kappa shape index (κ3) is 5.56. The van der Waals surface area contributed by atoms with Crippen LogP contribution in [0.5, 0.6) is 0 Å². The SMILES string of the molecule is CC1(C)c2ccccc2-c2ccc(N(c3ccccc3)c3ccc4c(c3)C(C)(C)c3c-4sc4c3C(C)(C)c3cc(N(c5ccccc5)c5ccccc5-c5ccccc5)ccc3-4)cc21. The molecule has 0 atom stereocenters. The molecule has 3 aliphatic carbocycles. The summed E-state index contributed by atoms with van der Waals surface area (Å²) in [5.74, 6) is 0. The third-order valence-corrected chi connectivity index (χ3v) is 15.9. The largest absolute Gasteiger partial charge is 0.310 e. The molecule has 0 unspecified atom stereocenters. The van der Waals surface area contributed by atoms with E-state index in [0.717, 1.165) is 17.1 Å². The average Bonchev–Trinajstić information content (AvgIpc) is 3.97. The van der Waals surface area contributed by atoms with E-state index in [0.29, 0.717) is 0 Å². The van der Waals surface area contributed by atoms with Gasteiger partial charge >= 0.3 is 0 Å². The Hall–Kier alpha value is -6.94. The van der Waals surface area contributed by atoms with Crippen LogP contribution in [0, 0.1) is 0 Å². The highest BCUT2D eigenvalue weighted by Crippen LogP contribution is 2.64. The van der Waals surface area contributed by atoms with Crippen LogP contribution in [-0.4, -0.2) is 0 Å². The molecule has 1 aromatic heterocycles. The first kappa shape index (κ1) is 38.7. The van der Waals surface area contributed by atoms with E-state index >= 15 is 0 Å². The summed E-state index contributed by atoms with van der Waals surface area (Å²) in [4.78, 5) is 7.74. The van der Waals surface area contributed by atoms with Crippen LogP contribution in [0.4, 0.5) is 34.1 Å². The van der Waals surface area contributed by atoms with Crippen molar-refractivity contribution in [2.45, 2.75) is 57.8 Å². The van der Waals surface area contributed by atoms with Gasteiger partial charge in [-0.2, -0.15) is 0 Å². The lowest BCUT2D eigenvalue weighted by molar-refractivity contribution is 0.603. The minimum atomic E-state index is -0.209. The Labute approximate surface area is 381 Å². The molecule has 2 nitrogen and oxygen atoms in total. The fourth-order valence-electron chi connectivity index (χ4n) is 11.4. The lowest BCUT2D eigenvalue weighted by atomic mass is 9.74. The summed E-state index contributed by atoms with van der Waals surface area (Å²) in [6.45, 7) is 14.6. The second-order valence-corrected chi connectivity index (χ2v) is 20.4. The normalized spacial score (nSPS) is 15.1. The van der Waals surface area contributed by atoms with Crippen LogP contribution >= 0.6 is 11.3 Å². The van der Waals surface area contributed by atoms with Gasteiger partial charge in [0.25, 0.3) is 0 Å². The van der Waals surface area contributed by atoms with Crippen molar-refractivity contribution >= 4 is 45.5 Å². The second kappa shape index (κ2) is 14.0. The molecule has 9 aromatic rings. The first-order valence-corrected chi connectivity index (χ1v) is 23.4. The molecule has 0 saturated heterocycles. The zero-order valence-electron chi connectivity index (χ0n) is 37.3. The van der Waals surface area contributed by atoms with Gasteiger partial charge in [-0.05, 0) is 128 Å². The van der Waals surface area contributed by atoms with Crippen LogP contribution in [0.3, 0.4) is 0 Å². The van der Waals surface area contributed by atoms with Gasteiger partial charge in [0, 0.05) is 60.0 Å². The van der Waals surface area contributed by atoms with Gasteiger partial charge < -0.3 is 9.80 Å². The molecule has 0 radical (unpaired) electrons. The summed E-state index contributed by atoms with van der Waals surface area (Å²) < 4.78 is 0. The average molecular weight is 843 g/mol. The van der Waals surface area contributed by atoms with Crippen LogP contribution in [0.15, 0.2) is 194 Å². The van der Waals surface area contributed by atoms with Crippen molar-refractivity contribution in [2.75, 3.05) is 9.80 Å². The molecule has 0 amide bonds. The summed E-state index contributed by atoms with van der Waals surface area (Å²) >= 11 is 1.99. The zero-order chi connectivity index (χ0) is 43.5. The van der Waals surface area contributed by atoms with E-state index in [9.17, 15) is 0 Å². The van der Waals surface area contributed by atoms with Gasteiger partial charge in [-0.1, -0.05) is 169 Å². The monoisotopic (exact) mass is 842 g/mol. The Morgan fingerprint density at radius 1 is 0.312 bits per heavy atom. The van der Waals surface area contributed by atoms with Crippen LogP contribution in [0.25, 0.3) is 43.1 Å². The summed E-state index contributed by atoms with van der Waals surface area (Å²) in [6.07, 6.45) is 0. The van der Waals surface area contributed by atoms with Gasteiger partial charge in [0.2, 0.25) is 0 Å². The van der Waals surface area contributed by atoms with Crippen LogP contribution in [0.1, 0.15) is 74.9 Å². The maximum absolute atomic E-state index is 2.49. The fourth-order valence-corrected chi connectivity index (χ4v) is 13.1. The van der Waals surface area contributed by atoms with Crippen molar-refractivity contribution in [1.82, 2.24) is 0 Å². The van der Waals surface area contributed by atoms with Gasteiger partial charge in [-0.25, -0.2) is 0 Å². The summed E-state index contributed by atoms with van der Waals surface area (Å²) in [6, 6.07) is 71.8. The molecule has 310 valence electrons. The van der Waals surface area contributed by atoms with E-state index in [2.05, 4.69) is 245 Å². The lowest BCUT2D eigenvalue weighted by Gasteiger charge is -2.31. The molecule has 3 aliphatic rings. The smallest absolute Gasteiger partial charge is 0.0540 e. The third-order valence-electron chi connectivity index (χ3n) is 14.6. The van der Waals surface area contributed by atoms with Crippen molar-refractivity contribution in [1.29, 1.82) is 0 Å². The van der Waals surface area contributed by atoms with Gasteiger partial charge in [0.15, 0.2) is 0 Å². The van der Waals surface area contributed by atoms with E-state index in [-0.39, 0.29) is 16.2 Å². The van der Waals surface area contributed by atoms with Crippen LogP contribution in [-0.2, 0) is 16.2 Å². The Morgan fingerprint density at radius 3 is 1.28 bits per heavy atom. The number of benzene rings is 8. The Kier molecular flexibility index (Phi) is 8.49. The van der Waals surface area contributed by atoms with Gasteiger partial charge in [-0.3, -0.25) is 0 Å². The zero-order valence-corrected chi connectivity index (χ0v) is 38.1. The Balaban J connectivity index is 0.952. The van der Waals surface area contributed by atoms with Crippen molar-refractivity contribution in [3.8, 4) is 43.1 Å². The fraction of sp³-hybridized carbons (Fsp3) is 0.148. The van der Waals surface area contributed by atoms with Crippen molar-refractivity contribution in [3.05, 3.63) is 228 Å². The topological polar surface area (TPSA) is 6.48 Å². The number of hydrogen-bond donors (Lipinski definition) is 0. The van der Waals surface area contributed by atoms with E-state index in [1.54, 1.807) is 0 Å². The maximum Gasteiger partial charge on any atom is 0.0540 e. The standard InChI is InChI=1S/C61H50N2S/c1-59(2)50-28-18-16-27-46(50)47-33-30-42(36-51(47)59)62(40-22-12-8-13-23-40)43-31-34-48-52(37-43)60(3,4)55-56-58(64-57(48)55)49-35-32-44(38-53(49)61(56,5)6)63(41-24-14-9-15-25-41)54-29-19-17-26-45(54)39-20-10-7-11-21-39/h7-38H,1-6H3. The summed E-state index contributed by atoms with van der Waals surface area (Å²) in [5, 5.41) is 0. The highest BCUT2D eigenvalue weighted by molar-refractivity contribution is 7.19. The number of rotatable bonds is 7. The molecule has 0 saturated carbocycles. The number of thiophene rings is 1. The van der Waals surface area contributed by atoms with Gasteiger partial charge in [0.05, 0.1) is 5.69 Å². The lowest BCUT2D eigenvalue weighted by Crippen LogP contribution is -2.23. The van der Waals surface area contributed by atoms with Crippen LogP contribution < -0.4 is 9.80 Å². The number of nitrogens with zero attached hydrogens (tertiary/aromatic N) is 2. The first-order chi connectivity index (χ1) is 31.0. The van der Waals surface area contributed by atoms with Crippen molar-refractivity contribution < 1.29 is 0 Å². The highest BCUT2D eigenvalue weighted by Gasteiger charge is 2.48. The summed E-state index contributed by atoms with van der Waals surface area (Å²) in [5.41, 5.74) is 22.8. The Bertz CT molecular complexity index is 3300. The van der Waals surface area contributed by atoms with Gasteiger partial charge in [0.1, 0.15) is 0 Å². The molecule has 0 fully saturated rings.